The Bertz CT molecular complexity index is 879. The molecule has 0 bridgehead atoms. The zero-order valence-corrected chi connectivity index (χ0v) is 22.8. The summed E-state index contributed by atoms with van der Waals surface area (Å²) in [5.74, 6) is -1.37. The number of nitrogens with zero attached hydrogens (tertiary/aromatic N) is 1. The van der Waals surface area contributed by atoms with Gasteiger partial charge in [0.1, 0.15) is 17.7 Å². The maximum atomic E-state index is 13.9. The van der Waals surface area contributed by atoms with E-state index in [-0.39, 0.29) is 31.3 Å². The molecule has 4 amide bonds. The molecule has 0 aliphatic carbocycles. The van der Waals surface area contributed by atoms with E-state index in [9.17, 15) is 19.2 Å². The minimum absolute atomic E-state index is 0.0118. The number of carbonyl (C=O) groups excluding carboxylic acids is 4. The van der Waals surface area contributed by atoms with Gasteiger partial charge in [0, 0.05) is 19.0 Å². The summed E-state index contributed by atoms with van der Waals surface area (Å²) in [6, 6.07) is 5.38. The van der Waals surface area contributed by atoms with Gasteiger partial charge in [-0.15, -0.1) is 0 Å². The molecule has 0 fully saturated rings. The van der Waals surface area contributed by atoms with E-state index >= 15 is 0 Å². The number of hydrogen-bond acceptors (Lipinski definition) is 5. The molecule has 4 N–H and O–H groups in total. The largest absolute Gasteiger partial charge is 0.444 e. The van der Waals surface area contributed by atoms with Crippen LogP contribution in [0.15, 0.2) is 24.3 Å². The van der Waals surface area contributed by atoms with E-state index in [4.69, 9.17) is 10.5 Å². The van der Waals surface area contributed by atoms with Gasteiger partial charge in [-0.05, 0) is 59.4 Å². The number of rotatable bonds is 13. The van der Waals surface area contributed by atoms with Gasteiger partial charge in [0.15, 0.2) is 0 Å². The van der Waals surface area contributed by atoms with Crippen molar-refractivity contribution in [2.75, 3.05) is 6.54 Å². The van der Waals surface area contributed by atoms with Gasteiger partial charge >= 0.3 is 6.09 Å². The summed E-state index contributed by atoms with van der Waals surface area (Å²) >= 11 is 0. The van der Waals surface area contributed by atoms with Crippen LogP contribution in [0.4, 0.5) is 4.79 Å². The molecule has 36 heavy (non-hydrogen) atoms. The number of benzene rings is 1. The van der Waals surface area contributed by atoms with Crippen molar-refractivity contribution in [2.24, 2.45) is 5.73 Å². The van der Waals surface area contributed by atoms with Crippen molar-refractivity contribution in [3.63, 3.8) is 0 Å². The Morgan fingerprint density at radius 1 is 1.00 bits per heavy atom. The fourth-order valence-corrected chi connectivity index (χ4v) is 3.85. The number of primary amides is 1. The lowest BCUT2D eigenvalue weighted by atomic mass is 9.99. The Morgan fingerprint density at radius 3 is 2.11 bits per heavy atom. The van der Waals surface area contributed by atoms with E-state index in [1.165, 1.54) is 4.90 Å². The van der Waals surface area contributed by atoms with Gasteiger partial charge in [-0.25, -0.2) is 4.79 Å². The first-order valence-electron chi connectivity index (χ1n) is 12.7. The first-order chi connectivity index (χ1) is 16.8. The molecule has 0 spiro atoms. The first kappa shape index (κ1) is 30.9. The first-order valence-corrected chi connectivity index (χ1v) is 12.7. The van der Waals surface area contributed by atoms with Gasteiger partial charge in [-0.1, -0.05) is 50.1 Å². The molecular weight excluding hydrogens is 460 g/mol. The lowest BCUT2D eigenvalue weighted by Crippen LogP contribution is -2.54. The molecule has 0 saturated carbocycles. The summed E-state index contributed by atoms with van der Waals surface area (Å²) in [6.45, 7) is 13.2. The van der Waals surface area contributed by atoms with Crippen LogP contribution in [0.5, 0.6) is 0 Å². The molecule has 0 aliphatic heterocycles. The van der Waals surface area contributed by atoms with Crippen molar-refractivity contribution in [3.05, 3.63) is 35.4 Å². The van der Waals surface area contributed by atoms with Gasteiger partial charge in [0.25, 0.3) is 0 Å². The molecule has 202 valence electrons. The zero-order chi connectivity index (χ0) is 27.5. The summed E-state index contributed by atoms with van der Waals surface area (Å²) in [5, 5.41) is 5.62. The second-order valence-corrected chi connectivity index (χ2v) is 10.2. The molecule has 0 heterocycles. The summed E-state index contributed by atoms with van der Waals surface area (Å²) in [5.41, 5.74) is 6.25. The summed E-state index contributed by atoms with van der Waals surface area (Å²) < 4.78 is 5.33. The highest BCUT2D eigenvalue weighted by Gasteiger charge is 2.36. The Kier molecular flexibility index (Phi) is 12.4. The van der Waals surface area contributed by atoms with E-state index in [1.807, 2.05) is 52.0 Å². The lowest BCUT2D eigenvalue weighted by molar-refractivity contribution is -0.143. The van der Waals surface area contributed by atoms with Crippen molar-refractivity contribution in [1.29, 1.82) is 0 Å². The maximum Gasteiger partial charge on any atom is 0.408 e. The van der Waals surface area contributed by atoms with Gasteiger partial charge in [-0.2, -0.15) is 0 Å². The van der Waals surface area contributed by atoms with Crippen LogP contribution in [0.2, 0.25) is 0 Å². The number of aryl methyl sites for hydroxylation is 1. The number of alkyl carbamates (subject to hydrolysis) is 1. The van der Waals surface area contributed by atoms with Gasteiger partial charge in [0.2, 0.25) is 17.7 Å². The highest BCUT2D eigenvalue weighted by atomic mass is 16.6. The second-order valence-electron chi connectivity index (χ2n) is 10.2. The predicted molar refractivity (Wildman–Crippen MR) is 140 cm³/mol. The zero-order valence-electron chi connectivity index (χ0n) is 22.8. The van der Waals surface area contributed by atoms with Crippen LogP contribution in [0, 0.1) is 6.92 Å². The van der Waals surface area contributed by atoms with Crippen LogP contribution >= 0.6 is 0 Å². The Morgan fingerprint density at radius 2 is 1.61 bits per heavy atom. The highest BCUT2D eigenvalue weighted by Crippen LogP contribution is 2.25. The van der Waals surface area contributed by atoms with E-state index in [0.29, 0.717) is 12.0 Å². The Balaban J connectivity index is 3.41. The number of carbonyl (C=O) groups is 4. The average molecular weight is 505 g/mol. The number of ether oxygens (including phenoxy) is 1. The maximum absolute atomic E-state index is 13.9. The number of hydrogen-bond donors (Lipinski definition) is 3. The van der Waals surface area contributed by atoms with Crippen molar-refractivity contribution >= 4 is 23.8 Å². The molecule has 9 heteroatoms. The Labute approximate surface area is 215 Å². The van der Waals surface area contributed by atoms with Gasteiger partial charge in [-0.3, -0.25) is 14.4 Å². The van der Waals surface area contributed by atoms with Crippen molar-refractivity contribution in [3.8, 4) is 0 Å². The molecule has 1 aromatic carbocycles. The highest BCUT2D eigenvalue weighted by molar-refractivity contribution is 5.92. The van der Waals surface area contributed by atoms with E-state index < -0.39 is 35.6 Å². The van der Waals surface area contributed by atoms with E-state index in [1.54, 1.807) is 20.8 Å². The van der Waals surface area contributed by atoms with Crippen LogP contribution < -0.4 is 16.4 Å². The van der Waals surface area contributed by atoms with Crippen LogP contribution in [0.3, 0.4) is 0 Å². The fourth-order valence-electron chi connectivity index (χ4n) is 3.85. The third-order valence-electron chi connectivity index (χ3n) is 5.48. The molecule has 1 rings (SSSR count). The number of amides is 4. The second kappa shape index (κ2) is 14.5. The van der Waals surface area contributed by atoms with Crippen molar-refractivity contribution < 1.29 is 23.9 Å². The minimum Gasteiger partial charge on any atom is -0.444 e. The molecular formula is C27H44N4O5. The molecule has 9 nitrogen and oxygen atoms in total. The fraction of sp³-hybridized carbons (Fsp3) is 0.630. The van der Waals surface area contributed by atoms with Crippen LogP contribution in [0.25, 0.3) is 0 Å². The standard InChI is InChI=1S/C27H44N4O5/c1-8-10-19(4)29-24(33)23(20-13-11-18(3)12-14-20)31(17-9-2)25(34)21(15-16-22(28)32)30-26(35)36-27(5,6)7/h11-14,19,21,23H,8-10,15-17H2,1-7H3,(H2,28,32)(H,29,33)(H,30,35). The third-order valence-corrected chi connectivity index (χ3v) is 5.48. The predicted octanol–water partition coefficient (Wildman–Crippen LogP) is 3.74. The molecule has 1 aromatic rings. The molecule has 3 unspecified atom stereocenters. The van der Waals surface area contributed by atoms with Crippen LogP contribution in [-0.4, -0.2) is 52.9 Å². The number of nitrogens with one attached hydrogen (secondary N) is 2. The smallest absolute Gasteiger partial charge is 0.408 e. The van der Waals surface area contributed by atoms with Gasteiger partial charge < -0.3 is 26.0 Å². The SMILES string of the molecule is CCCC(C)NC(=O)C(c1ccc(C)cc1)N(CCC)C(=O)C(CCC(N)=O)NC(=O)OC(C)(C)C. The average Bonchev–Trinajstić information content (AvgIpc) is 2.75. The monoisotopic (exact) mass is 504 g/mol. The quantitative estimate of drug-likeness (QED) is 0.377. The van der Waals surface area contributed by atoms with E-state index in [2.05, 4.69) is 10.6 Å². The van der Waals surface area contributed by atoms with Gasteiger partial charge in [0.05, 0.1) is 0 Å². The summed E-state index contributed by atoms with van der Waals surface area (Å²) in [6.07, 6.45) is 1.39. The molecule has 0 aromatic heterocycles. The topological polar surface area (TPSA) is 131 Å². The molecule has 0 radical (unpaired) electrons. The molecule has 0 aliphatic rings. The lowest BCUT2D eigenvalue weighted by Gasteiger charge is -2.35. The summed E-state index contributed by atoms with van der Waals surface area (Å²) in [4.78, 5) is 52.9. The summed E-state index contributed by atoms with van der Waals surface area (Å²) in [7, 11) is 0. The van der Waals surface area contributed by atoms with E-state index in [0.717, 1.165) is 18.4 Å². The molecule has 3 atom stereocenters. The normalized spacial score (nSPS) is 13.8. The van der Waals surface area contributed by atoms with Crippen molar-refractivity contribution in [1.82, 2.24) is 15.5 Å². The van der Waals surface area contributed by atoms with Crippen LogP contribution in [0.1, 0.15) is 90.8 Å². The minimum atomic E-state index is -1.09. The third kappa shape index (κ3) is 10.7. The molecule has 0 saturated heterocycles. The Hall–Kier alpha value is -3.10. The number of nitrogens with two attached hydrogens (primary N) is 1. The van der Waals surface area contributed by atoms with Crippen LogP contribution in [-0.2, 0) is 19.1 Å². The van der Waals surface area contributed by atoms with Crippen molar-refractivity contribution in [2.45, 2.75) is 104 Å².